The number of nitrogens with one attached hydrogen (secondary N) is 2. The van der Waals surface area contributed by atoms with E-state index in [-0.39, 0.29) is 28.2 Å². The topological polar surface area (TPSA) is 121 Å². The van der Waals surface area contributed by atoms with E-state index >= 15 is 0 Å². The summed E-state index contributed by atoms with van der Waals surface area (Å²) in [5.74, 6) is 0. The van der Waals surface area contributed by atoms with E-state index in [1.807, 2.05) is 4.90 Å². The van der Waals surface area contributed by atoms with Gasteiger partial charge < -0.3 is 14.7 Å². The van der Waals surface area contributed by atoms with Gasteiger partial charge in [-0.1, -0.05) is 0 Å². The van der Waals surface area contributed by atoms with Crippen LogP contribution in [-0.4, -0.2) is 46.1 Å². The molecule has 1 aliphatic heterocycles. The van der Waals surface area contributed by atoms with Crippen LogP contribution in [0.15, 0.2) is 21.7 Å². The molecule has 0 unspecified atom stereocenters. The lowest BCUT2D eigenvalue weighted by Crippen LogP contribution is -2.35. The van der Waals surface area contributed by atoms with E-state index in [2.05, 4.69) is 9.97 Å². The minimum Gasteiger partial charge on any atom is -0.379 e. The molecule has 1 aliphatic rings. The van der Waals surface area contributed by atoms with E-state index in [1.54, 1.807) is 6.07 Å². The van der Waals surface area contributed by atoms with Gasteiger partial charge in [-0.25, -0.2) is 0 Å². The Labute approximate surface area is 140 Å². The first-order chi connectivity index (χ1) is 10.5. The van der Waals surface area contributed by atoms with Crippen molar-refractivity contribution in [2.75, 3.05) is 26.3 Å². The summed E-state index contributed by atoms with van der Waals surface area (Å²) in [4.78, 5) is 40.3. The van der Waals surface area contributed by atoms with Crippen LogP contribution in [0.2, 0.25) is 0 Å². The molecular formula is C13H15BrN4O5. The molecule has 0 spiro atoms. The summed E-state index contributed by atoms with van der Waals surface area (Å²) in [6.07, 6.45) is 0. The Morgan fingerprint density at radius 1 is 1.13 bits per heavy atom. The van der Waals surface area contributed by atoms with E-state index in [1.165, 1.54) is 6.07 Å². The molecule has 3 rings (SSSR count). The molecule has 2 N–H and O–H groups in total. The Bertz CT molecular complexity index is 840. The lowest BCUT2D eigenvalue weighted by Gasteiger charge is -2.26. The Morgan fingerprint density at radius 3 is 2.26 bits per heavy atom. The minimum absolute atomic E-state index is 0. The summed E-state index contributed by atoms with van der Waals surface area (Å²) < 4.78 is 5.25. The number of nitrogens with zero attached hydrogens (tertiary/aromatic N) is 2. The van der Waals surface area contributed by atoms with Crippen LogP contribution < -0.4 is 11.1 Å². The number of H-pyrrole nitrogens is 2. The second-order valence-electron chi connectivity index (χ2n) is 5.08. The molecule has 1 saturated heterocycles. The minimum atomic E-state index is -0.831. The van der Waals surface area contributed by atoms with Crippen LogP contribution in [0.1, 0.15) is 5.56 Å². The predicted octanol–water partition coefficient (Wildman–Crippen LogP) is 0.535. The van der Waals surface area contributed by atoms with E-state index in [0.717, 1.165) is 0 Å². The second-order valence-corrected chi connectivity index (χ2v) is 5.08. The van der Waals surface area contributed by atoms with Gasteiger partial charge in [-0.2, -0.15) is 0 Å². The van der Waals surface area contributed by atoms with Gasteiger partial charge in [0.2, 0.25) is 0 Å². The summed E-state index contributed by atoms with van der Waals surface area (Å²) >= 11 is 0. The summed E-state index contributed by atoms with van der Waals surface area (Å²) in [5.41, 5.74) is -0.592. The molecule has 0 bridgehead atoms. The van der Waals surface area contributed by atoms with E-state index in [9.17, 15) is 19.7 Å². The van der Waals surface area contributed by atoms with Crippen molar-refractivity contribution in [3.05, 3.63) is 48.5 Å². The first kappa shape index (κ1) is 17.3. The normalized spacial score (nSPS) is 15.3. The maximum absolute atomic E-state index is 11.4. The van der Waals surface area contributed by atoms with Crippen molar-refractivity contribution in [3.63, 3.8) is 0 Å². The maximum atomic E-state index is 11.4. The van der Waals surface area contributed by atoms with Gasteiger partial charge in [-0.3, -0.25) is 24.6 Å². The number of benzene rings is 1. The average Bonchev–Trinajstić information content (AvgIpc) is 2.49. The molecule has 23 heavy (non-hydrogen) atoms. The molecule has 124 valence electrons. The molecule has 1 aromatic heterocycles. The SMILES string of the molecule is Br.O=c1[nH]c2cc(CN3CCOCC3)c([N+](=O)[O-])cc2[nH]c1=O. The standard InChI is InChI=1S/C13H14N4O5.BrH/c18-12-13(19)15-10-6-11(17(20)21)8(5-9(10)14-12)7-16-1-3-22-4-2-16;/h5-6H,1-4,7H2,(H,14,18)(H,15,19);1H. The Balaban J connectivity index is 0.00000192. The third-order valence-corrected chi connectivity index (χ3v) is 3.62. The van der Waals surface area contributed by atoms with E-state index < -0.39 is 16.0 Å². The fraction of sp³-hybridized carbons (Fsp3) is 0.385. The summed E-state index contributed by atoms with van der Waals surface area (Å²) in [5, 5.41) is 11.3. The maximum Gasteiger partial charge on any atom is 0.314 e. The molecule has 1 aromatic carbocycles. The zero-order valence-corrected chi connectivity index (χ0v) is 13.7. The highest BCUT2D eigenvalue weighted by molar-refractivity contribution is 8.93. The highest BCUT2D eigenvalue weighted by atomic mass is 79.9. The first-order valence-corrected chi connectivity index (χ1v) is 6.78. The van der Waals surface area contributed by atoms with Crippen LogP contribution in [0.5, 0.6) is 0 Å². The molecule has 10 heteroatoms. The third-order valence-electron chi connectivity index (χ3n) is 3.62. The predicted molar refractivity (Wildman–Crippen MR) is 88.3 cm³/mol. The van der Waals surface area contributed by atoms with Crippen molar-refractivity contribution in [2.45, 2.75) is 6.54 Å². The van der Waals surface area contributed by atoms with Gasteiger partial charge in [-0.05, 0) is 6.07 Å². The molecule has 2 heterocycles. The van der Waals surface area contributed by atoms with E-state index in [0.29, 0.717) is 43.9 Å². The van der Waals surface area contributed by atoms with Crippen LogP contribution in [0.3, 0.4) is 0 Å². The number of nitro groups is 1. The summed E-state index contributed by atoms with van der Waals surface area (Å²) in [7, 11) is 0. The van der Waals surface area contributed by atoms with Gasteiger partial charge in [0.05, 0.1) is 29.2 Å². The molecule has 0 saturated carbocycles. The molecule has 2 aromatic rings. The number of halogens is 1. The third kappa shape index (κ3) is 3.66. The molecule has 0 aliphatic carbocycles. The lowest BCUT2D eigenvalue weighted by molar-refractivity contribution is -0.385. The highest BCUT2D eigenvalue weighted by Gasteiger charge is 2.20. The van der Waals surface area contributed by atoms with Crippen LogP contribution in [0, 0.1) is 10.1 Å². The Hall–Kier alpha value is -2.04. The van der Waals surface area contributed by atoms with Crippen LogP contribution in [0.4, 0.5) is 5.69 Å². The lowest BCUT2D eigenvalue weighted by atomic mass is 10.1. The van der Waals surface area contributed by atoms with Crippen molar-refractivity contribution in [2.24, 2.45) is 0 Å². The molecule has 0 radical (unpaired) electrons. The van der Waals surface area contributed by atoms with Crippen molar-refractivity contribution < 1.29 is 9.66 Å². The molecule has 0 amide bonds. The van der Waals surface area contributed by atoms with Gasteiger partial charge >= 0.3 is 11.1 Å². The smallest absolute Gasteiger partial charge is 0.314 e. The molecule has 9 nitrogen and oxygen atoms in total. The van der Waals surface area contributed by atoms with Gasteiger partial charge in [0, 0.05) is 31.3 Å². The quantitative estimate of drug-likeness (QED) is 0.450. The monoisotopic (exact) mass is 386 g/mol. The van der Waals surface area contributed by atoms with Crippen LogP contribution in [0.25, 0.3) is 11.0 Å². The molecular weight excluding hydrogens is 372 g/mol. The van der Waals surface area contributed by atoms with Crippen molar-refractivity contribution in [1.82, 2.24) is 14.9 Å². The van der Waals surface area contributed by atoms with Gasteiger partial charge in [0.15, 0.2) is 0 Å². The van der Waals surface area contributed by atoms with Crippen LogP contribution in [-0.2, 0) is 11.3 Å². The molecule has 0 atom stereocenters. The first-order valence-electron chi connectivity index (χ1n) is 6.78. The Kier molecular flexibility index (Phi) is 5.29. The molecule has 1 fully saturated rings. The zero-order valence-electron chi connectivity index (χ0n) is 12.0. The van der Waals surface area contributed by atoms with Gasteiger partial charge in [0.25, 0.3) is 5.69 Å². The number of aromatic nitrogens is 2. The largest absolute Gasteiger partial charge is 0.379 e. The number of hydrogen-bond donors (Lipinski definition) is 2. The fourth-order valence-corrected chi connectivity index (χ4v) is 2.49. The van der Waals surface area contributed by atoms with Crippen molar-refractivity contribution in [3.8, 4) is 0 Å². The van der Waals surface area contributed by atoms with Gasteiger partial charge in [-0.15, -0.1) is 17.0 Å². The number of aromatic amines is 2. The van der Waals surface area contributed by atoms with Crippen LogP contribution >= 0.6 is 17.0 Å². The fourth-order valence-electron chi connectivity index (χ4n) is 2.49. The summed E-state index contributed by atoms with van der Waals surface area (Å²) in [6, 6.07) is 2.82. The number of ether oxygens (including phenoxy) is 1. The average molecular weight is 387 g/mol. The highest BCUT2D eigenvalue weighted by Crippen LogP contribution is 2.24. The number of morpholine rings is 1. The van der Waals surface area contributed by atoms with E-state index in [4.69, 9.17) is 4.74 Å². The van der Waals surface area contributed by atoms with Gasteiger partial charge in [0.1, 0.15) is 0 Å². The number of fused-ring (bicyclic) bond motifs is 1. The second kappa shape index (κ2) is 7.02. The number of rotatable bonds is 3. The number of nitro benzene ring substituents is 1. The van der Waals surface area contributed by atoms with Crippen molar-refractivity contribution >= 4 is 33.7 Å². The Morgan fingerprint density at radius 2 is 1.70 bits per heavy atom. The number of hydrogen-bond acceptors (Lipinski definition) is 6. The summed E-state index contributed by atoms with van der Waals surface area (Å²) in [6.45, 7) is 2.95. The zero-order chi connectivity index (χ0) is 15.7. The van der Waals surface area contributed by atoms with Crippen molar-refractivity contribution in [1.29, 1.82) is 0 Å².